The Morgan fingerprint density at radius 1 is 1.38 bits per heavy atom. The highest BCUT2D eigenvalue weighted by Gasteiger charge is 2.24. The van der Waals surface area contributed by atoms with E-state index in [0.29, 0.717) is 24.6 Å². The van der Waals surface area contributed by atoms with Gasteiger partial charge in [-0.05, 0) is 43.0 Å². The molecule has 1 saturated carbocycles. The average Bonchev–Trinajstić information content (AvgIpc) is 2.41. The van der Waals surface area contributed by atoms with Crippen LogP contribution in [0.25, 0.3) is 0 Å². The number of halogens is 1. The van der Waals surface area contributed by atoms with E-state index in [1.165, 1.54) is 18.6 Å². The van der Waals surface area contributed by atoms with Crippen LogP contribution in [0, 0.1) is 5.82 Å². The highest BCUT2D eigenvalue weighted by Crippen LogP contribution is 2.26. The molecule has 6 heteroatoms. The second kappa shape index (κ2) is 7.38. The maximum absolute atomic E-state index is 13.7. The van der Waals surface area contributed by atoms with Crippen molar-refractivity contribution in [2.24, 2.45) is 10.9 Å². The molecule has 0 aromatic heterocycles. The van der Waals surface area contributed by atoms with Crippen molar-refractivity contribution in [1.82, 2.24) is 4.90 Å². The molecule has 2 rings (SSSR count). The lowest BCUT2D eigenvalue weighted by atomic mass is 9.91. The molecule has 0 radical (unpaired) electrons. The Hall–Kier alpha value is -1.66. The summed E-state index contributed by atoms with van der Waals surface area (Å²) in [6.07, 6.45) is 4.22. The van der Waals surface area contributed by atoms with Gasteiger partial charge in [-0.15, -0.1) is 0 Å². The summed E-state index contributed by atoms with van der Waals surface area (Å²) in [5.74, 6) is -0.494. The van der Waals surface area contributed by atoms with Crippen molar-refractivity contribution >= 4 is 5.84 Å². The zero-order valence-electron chi connectivity index (χ0n) is 12.0. The van der Waals surface area contributed by atoms with E-state index in [0.717, 1.165) is 24.9 Å². The van der Waals surface area contributed by atoms with E-state index >= 15 is 0 Å². The summed E-state index contributed by atoms with van der Waals surface area (Å²) >= 11 is 0. The Bertz CT molecular complexity index is 504. The number of nitrogens with zero attached hydrogens (tertiary/aromatic N) is 2. The van der Waals surface area contributed by atoms with Crippen LogP contribution in [0.1, 0.15) is 36.8 Å². The van der Waals surface area contributed by atoms with Gasteiger partial charge in [0.25, 0.3) is 0 Å². The second-order valence-corrected chi connectivity index (χ2v) is 5.47. The normalized spacial score (nSPS) is 16.2. The molecule has 0 spiro atoms. The first-order valence-electron chi connectivity index (χ1n) is 7.26. The van der Waals surface area contributed by atoms with Crippen LogP contribution in [0.2, 0.25) is 0 Å². The zero-order chi connectivity index (χ0) is 15.2. The van der Waals surface area contributed by atoms with Gasteiger partial charge in [0.05, 0.1) is 0 Å². The third-order valence-corrected chi connectivity index (χ3v) is 3.94. The number of benzene rings is 1. The Morgan fingerprint density at radius 2 is 2.14 bits per heavy atom. The third-order valence-electron chi connectivity index (χ3n) is 3.94. The average molecular weight is 295 g/mol. The van der Waals surface area contributed by atoms with Crippen LogP contribution < -0.4 is 5.73 Å². The van der Waals surface area contributed by atoms with Crippen molar-refractivity contribution in [3.05, 3.63) is 35.1 Å². The van der Waals surface area contributed by atoms with Gasteiger partial charge in [-0.1, -0.05) is 11.6 Å². The van der Waals surface area contributed by atoms with E-state index in [2.05, 4.69) is 10.1 Å². The molecule has 1 aliphatic carbocycles. The molecular formula is C15H22FN3O2. The van der Waals surface area contributed by atoms with E-state index in [4.69, 9.17) is 16.0 Å². The highest BCUT2D eigenvalue weighted by molar-refractivity contribution is 5.97. The van der Waals surface area contributed by atoms with E-state index < -0.39 is 5.82 Å². The molecule has 21 heavy (non-hydrogen) atoms. The summed E-state index contributed by atoms with van der Waals surface area (Å²) in [6.45, 7) is 1.55. The van der Waals surface area contributed by atoms with Crippen molar-refractivity contribution in [3.63, 3.8) is 0 Å². The Labute approximate surface area is 123 Å². The quantitative estimate of drug-likeness (QED) is 0.309. The predicted octanol–water partition coefficient (Wildman–Crippen LogP) is 1.66. The van der Waals surface area contributed by atoms with E-state index in [1.807, 2.05) is 0 Å². The first-order valence-corrected chi connectivity index (χ1v) is 7.26. The Morgan fingerprint density at radius 3 is 2.71 bits per heavy atom. The Balaban J connectivity index is 2.13. The van der Waals surface area contributed by atoms with Crippen molar-refractivity contribution in [3.8, 4) is 0 Å². The molecule has 0 saturated heterocycles. The summed E-state index contributed by atoms with van der Waals surface area (Å²) in [7, 11) is 0. The third kappa shape index (κ3) is 4.15. The fourth-order valence-corrected chi connectivity index (χ4v) is 2.60. The number of oxime groups is 1. The predicted molar refractivity (Wildman–Crippen MR) is 78.7 cm³/mol. The number of amidine groups is 1. The standard InChI is InChI=1S/C15H22FN3O2/c16-13-8-11(7-12(9-13)15(17)18-21)10-19(5-2-6-20)14-3-1-4-14/h7-9,14,20-21H,1-6,10H2,(H2,17,18). The van der Waals surface area contributed by atoms with Gasteiger partial charge in [0.2, 0.25) is 0 Å². The van der Waals surface area contributed by atoms with Crippen molar-refractivity contribution in [2.45, 2.75) is 38.3 Å². The molecule has 0 unspecified atom stereocenters. The maximum Gasteiger partial charge on any atom is 0.170 e. The number of aliphatic hydroxyl groups excluding tert-OH is 1. The Kier molecular flexibility index (Phi) is 5.52. The van der Waals surface area contributed by atoms with E-state index in [-0.39, 0.29) is 12.4 Å². The first kappa shape index (κ1) is 15.7. The number of aliphatic hydroxyl groups is 1. The lowest BCUT2D eigenvalue weighted by Crippen LogP contribution is -2.40. The molecular weight excluding hydrogens is 273 g/mol. The molecule has 0 heterocycles. The minimum Gasteiger partial charge on any atom is -0.409 e. The molecule has 5 nitrogen and oxygen atoms in total. The van der Waals surface area contributed by atoms with Crippen molar-refractivity contribution < 1.29 is 14.7 Å². The second-order valence-electron chi connectivity index (χ2n) is 5.47. The van der Waals surface area contributed by atoms with Gasteiger partial charge in [-0.25, -0.2) is 4.39 Å². The summed E-state index contributed by atoms with van der Waals surface area (Å²) in [4.78, 5) is 2.27. The van der Waals surface area contributed by atoms with Gasteiger partial charge < -0.3 is 16.0 Å². The van der Waals surface area contributed by atoms with Gasteiger partial charge in [0.15, 0.2) is 5.84 Å². The van der Waals surface area contributed by atoms with E-state index in [9.17, 15) is 4.39 Å². The van der Waals surface area contributed by atoms with Crippen LogP contribution in [-0.2, 0) is 6.54 Å². The first-order chi connectivity index (χ1) is 10.1. The van der Waals surface area contributed by atoms with Crippen molar-refractivity contribution in [1.29, 1.82) is 0 Å². The fraction of sp³-hybridized carbons (Fsp3) is 0.533. The van der Waals surface area contributed by atoms with Crippen LogP contribution in [-0.4, -0.2) is 40.2 Å². The van der Waals surface area contributed by atoms with Gasteiger partial charge >= 0.3 is 0 Å². The molecule has 1 fully saturated rings. The van der Waals surface area contributed by atoms with Gasteiger partial charge in [0, 0.05) is 31.3 Å². The molecule has 1 aromatic carbocycles. The fourth-order valence-electron chi connectivity index (χ4n) is 2.60. The molecule has 0 atom stereocenters. The van der Waals surface area contributed by atoms with Crippen molar-refractivity contribution in [2.75, 3.05) is 13.2 Å². The molecule has 0 amide bonds. The number of nitrogens with two attached hydrogens (primary N) is 1. The summed E-state index contributed by atoms with van der Waals surface area (Å²) in [6, 6.07) is 4.97. The smallest absolute Gasteiger partial charge is 0.170 e. The highest BCUT2D eigenvalue weighted by atomic mass is 19.1. The van der Waals surface area contributed by atoms with Gasteiger partial charge in [-0.2, -0.15) is 0 Å². The van der Waals surface area contributed by atoms with Crippen LogP contribution >= 0.6 is 0 Å². The summed E-state index contributed by atoms with van der Waals surface area (Å²) < 4.78 is 13.7. The number of hydrogen-bond acceptors (Lipinski definition) is 4. The lowest BCUT2D eigenvalue weighted by Gasteiger charge is -2.37. The van der Waals surface area contributed by atoms with Crippen LogP contribution in [0.5, 0.6) is 0 Å². The molecule has 4 N–H and O–H groups in total. The number of rotatable bonds is 7. The molecule has 1 aliphatic rings. The monoisotopic (exact) mass is 295 g/mol. The maximum atomic E-state index is 13.7. The molecule has 0 bridgehead atoms. The van der Waals surface area contributed by atoms with Crippen LogP contribution in [0.15, 0.2) is 23.4 Å². The van der Waals surface area contributed by atoms with Gasteiger partial charge in [-0.3, -0.25) is 4.90 Å². The van der Waals surface area contributed by atoms with E-state index in [1.54, 1.807) is 6.07 Å². The summed E-state index contributed by atoms with van der Waals surface area (Å²) in [5, 5.41) is 20.6. The van der Waals surface area contributed by atoms with Gasteiger partial charge in [0.1, 0.15) is 5.82 Å². The largest absolute Gasteiger partial charge is 0.409 e. The zero-order valence-corrected chi connectivity index (χ0v) is 12.0. The SMILES string of the molecule is N/C(=N/O)c1cc(F)cc(CN(CCCO)C2CCC2)c1. The molecule has 116 valence electrons. The molecule has 0 aliphatic heterocycles. The lowest BCUT2D eigenvalue weighted by molar-refractivity contribution is 0.109. The van der Waals surface area contributed by atoms with Crippen LogP contribution in [0.3, 0.4) is 0 Å². The minimum absolute atomic E-state index is 0.0960. The topological polar surface area (TPSA) is 82.1 Å². The summed E-state index contributed by atoms with van der Waals surface area (Å²) in [5.41, 5.74) is 6.70. The number of hydrogen-bond donors (Lipinski definition) is 3. The minimum atomic E-state index is -0.398. The molecule has 1 aromatic rings. The van der Waals surface area contributed by atoms with Crippen LogP contribution in [0.4, 0.5) is 4.39 Å².